The van der Waals surface area contributed by atoms with Crippen molar-refractivity contribution in [3.05, 3.63) is 6.07 Å². The van der Waals surface area contributed by atoms with Gasteiger partial charge in [0.15, 0.2) is 0 Å². The van der Waals surface area contributed by atoms with E-state index in [9.17, 15) is 4.79 Å². The molecule has 0 spiro atoms. The van der Waals surface area contributed by atoms with Gasteiger partial charge in [0, 0.05) is 12.6 Å². The summed E-state index contributed by atoms with van der Waals surface area (Å²) in [7, 11) is 1.33. The number of nitrogen functional groups attached to an aromatic ring is 2. The second-order valence-corrected chi connectivity index (χ2v) is 2.89. The molecular weight excluding hydrogens is 212 g/mol. The SMILES string of the molecule is COC(=O)CCNc1cc(NN)nc(N)n1. The van der Waals surface area contributed by atoms with Gasteiger partial charge in [-0.2, -0.15) is 9.97 Å². The standard InChI is InChI=1S/C8H14N6O2/c1-16-7(15)2-3-11-5-4-6(14-10)13-8(9)12-5/h4H,2-3,10H2,1H3,(H4,9,11,12,13,14). The first kappa shape index (κ1) is 12.0. The van der Waals surface area contributed by atoms with Crippen molar-refractivity contribution < 1.29 is 9.53 Å². The Morgan fingerprint density at radius 2 is 2.19 bits per heavy atom. The molecule has 6 N–H and O–H groups in total. The number of carbonyl (C=O) groups is 1. The van der Waals surface area contributed by atoms with Gasteiger partial charge in [-0.3, -0.25) is 4.79 Å². The Morgan fingerprint density at radius 3 is 2.81 bits per heavy atom. The normalized spacial score (nSPS) is 9.62. The van der Waals surface area contributed by atoms with Crippen LogP contribution in [0.25, 0.3) is 0 Å². The van der Waals surface area contributed by atoms with E-state index in [0.29, 0.717) is 18.2 Å². The number of hydrogen-bond donors (Lipinski definition) is 4. The lowest BCUT2D eigenvalue weighted by molar-refractivity contribution is -0.140. The third kappa shape index (κ3) is 3.58. The zero-order valence-corrected chi connectivity index (χ0v) is 8.86. The highest BCUT2D eigenvalue weighted by Crippen LogP contribution is 2.10. The highest BCUT2D eigenvalue weighted by Gasteiger charge is 2.03. The number of rotatable bonds is 5. The topological polar surface area (TPSA) is 128 Å². The lowest BCUT2D eigenvalue weighted by Crippen LogP contribution is -2.14. The first-order valence-corrected chi connectivity index (χ1v) is 4.57. The van der Waals surface area contributed by atoms with Crippen molar-refractivity contribution in [3.63, 3.8) is 0 Å². The van der Waals surface area contributed by atoms with E-state index < -0.39 is 0 Å². The second kappa shape index (κ2) is 5.71. The second-order valence-electron chi connectivity index (χ2n) is 2.89. The zero-order chi connectivity index (χ0) is 12.0. The van der Waals surface area contributed by atoms with Crippen LogP contribution in [0, 0.1) is 0 Å². The lowest BCUT2D eigenvalue weighted by Gasteiger charge is -2.07. The summed E-state index contributed by atoms with van der Waals surface area (Å²) in [6.07, 6.45) is 0.242. The molecule has 16 heavy (non-hydrogen) atoms. The number of carbonyl (C=O) groups excluding carboxylic acids is 1. The Labute approximate surface area is 92.4 Å². The van der Waals surface area contributed by atoms with E-state index >= 15 is 0 Å². The van der Waals surface area contributed by atoms with Gasteiger partial charge in [0.05, 0.1) is 13.5 Å². The predicted octanol–water partition coefficient (Wildman–Crippen LogP) is -0.681. The van der Waals surface area contributed by atoms with Crippen LogP contribution >= 0.6 is 0 Å². The maximum Gasteiger partial charge on any atom is 0.307 e. The molecule has 1 rings (SSSR count). The molecule has 1 heterocycles. The quantitative estimate of drug-likeness (QED) is 0.295. The number of ether oxygens (including phenoxy) is 1. The third-order valence-corrected chi connectivity index (χ3v) is 1.75. The number of nitrogens with two attached hydrogens (primary N) is 2. The minimum absolute atomic E-state index is 0.0935. The summed E-state index contributed by atoms with van der Waals surface area (Å²) in [5.41, 5.74) is 7.80. The summed E-state index contributed by atoms with van der Waals surface area (Å²) in [5.74, 6) is 5.87. The van der Waals surface area contributed by atoms with Crippen molar-refractivity contribution in [2.24, 2.45) is 5.84 Å². The lowest BCUT2D eigenvalue weighted by atomic mass is 10.4. The van der Waals surface area contributed by atoms with Crippen LogP contribution in [-0.2, 0) is 9.53 Å². The van der Waals surface area contributed by atoms with Crippen molar-refractivity contribution in [2.75, 3.05) is 30.1 Å². The zero-order valence-electron chi connectivity index (χ0n) is 8.86. The largest absolute Gasteiger partial charge is 0.469 e. The summed E-state index contributed by atoms with van der Waals surface area (Å²) in [6.45, 7) is 0.396. The number of methoxy groups -OCH3 is 1. The molecule has 1 aromatic rings. The van der Waals surface area contributed by atoms with Crippen molar-refractivity contribution in [1.82, 2.24) is 9.97 Å². The smallest absolute Gasteiger partial charge is 0.307 e. The van der Waals surface area contributed by atoms with Gasteiger partial charge >= 0.3 is 5.97 Å². The summed E-state index contributed by atoms with van der Waals surface area (Å²) in [6, 6.07) is 1.58. The molecule has 0 radical (unpaired) electrons. The molecule has 0 amide bonds. The molecule has 0 unspecified atom stereocenters. The van der Waals surface area contributed by atoms with E-state index in [4.69, 9.17) is 11.6 Å². The molecule has 0 aliphatic rings. The molecule has 1 aromatic heterocycles. The van der Waals surface area contributed by atoms with Crippen LogP contribution < -0.4 is 22.3 Å². The minimum atomic E-state index is -0.299. The van der Waals surface area contributed by atoms with Gasteiger partial charge < -0.3 is 21.2 Å². The Bertz CT molecular complexity index is 370. The van der Waals surface area contributed by atoms with Crippen LogP contribution in [0.15, 0.2) is 6.07 Å². The molecule has 0 fully saturated rings. The number of hydrogen-bond acceptors (Lipinski definition) is 8. The Kier molecular flexibility index (Phi) is 4.28. The number of hydrazine groups is 1. The first-order chi connectivity index (χ1) is 7.65. The number of nitrogens with zero attached hydrogens (tertiary/aromatic N) is 2. The maximum atomic E-state index is 10.8. The molecule has 0 saturated heterocycles. The van der Waals surface area contributed by atoms with E-state index in [2.05, 4.69) is 25.4 Å². The summed E-state index contributed by atoms with van der Waals surface area (Å²) >= 11 is 0. The van der Waals surface area contributed by atoms with Crippen LogP contribution in [0.4, 0.5) is 17.6 Å². The van der Waals surface area contributed by atoms with Crippen LogP contribution in [0.5, 0.6) is 0 Å². The summed E-state index contributed by atoms with van der Waals surface area (Å²) in [5, 5.41) is 2.90. The molecule has 0 aliphatic heterocycles. The van der Waals surface area contributed by atoms with Gasteiger partial charge in [-0.1, -0.05) is 0 Å². The fourth-order valence-electron chi connectivity index (χ4n) is 1.03. The molecule has 0 saturated carbocycles. The maximum absolute atomic E-state index is 10.8. The van der Waals surface area contributed by atoms with Crippen molar-refractivity contribution in [3.8, 4) is 0 Å². The molecular formula is C8H14N6O2. The van der Waals surface area contributed by atoms with Gasteiger partial charge in [-0.15, -0.1) is 0 Å². The highest BCUT2D eigenvalue weighted by molar-refractivity contribution is 5.69. The Hall–Kier alpha value is -2.09. The summed E-state index contributed by atoms with van der Waals surface area (Å²) < 4.78 is 4.49. The monoisotopic (exact) mass is 226 g/mol. The number of aromatic nitrogens is 2. The number of anilines is 3. The molecule has 8 heteroatoms. The van der Waals surface area contributed by atoms with E-state index in [0.717, 1.165) is 0 Å². The van der Waals surface area contributed by atoms with Crippen molar-refractivity contribution in [2.45, 2.75) is 6.42 Å². The van der Waals surface area contributed by atoms with Gasteiger partial charge in [0.25, 0.3) is 0 Å². The van der Waals surface area contributed by atoms with Crippen molar-refractivity contribution in [1.29, 1.82) is 0 Å². The average molecular weight is 226 g/mol. The first-order valence-electron chi connectivity index (χ1n) is 4.57. The average Bonchev–Trinajstić information content (AvgIpc) is 2.28. The molecule has 0 aromatic carbocycles. The van der Waals surface area contributed by atoms with E-state index in [1.54, 1.807) is 6.07 Å². The van der Waals surface area contributed by atoms with Gasteiger partial charge in [-0.25, -0.2) is 5.84 Å². The third-order valence-electron chi connectivity index (χ3n) is 1.75. The molecule has 0 atom stereocenters. The highest BCUT2D eigenvalue weighted by atomic mass is 16.5. The Balaban J connectivity index is 2.53. The van der Waals surface area contributed by atoms with Crippen LogP contribution in [-0.4, -0.2) is 29.6 Å². The van der Waals surface area contributed by atoms with E-state index in [1.807, 2.05) is 0 Å². The van der Waals surface area contributed by atoms with Gasteiger partial charge in [-0.05, 0) is 0 Å². The molecule has 8 nitrogen and oxygen atoms in total. The van der Waals surface area contributed by atoms with E-state index in [1.165, 1.54) is 7.11 Å². The van der Waals surface area contributed by atoms with Crippen LogP contribution in [0.3, 0.4) is 0 Å². The predicted molar refractivity (Wildman–Crippen MR) is 59.4 cm³/mol. The van der Waals surface area contributed by atoms with Crippen molar-refractivity contribution >= 4 is 23.6 Å². The van der Waals surface area contributed by atoms with Crippen LogP contribution in [0.1, 0.15) is 6.42 Å². The number of nitrogens with one attached hydrogen (secondary N) is 2. The van der Waals surface area contributed by atoms with Gasteiger partial charge in [0.1, 0.15) is 11.6 Å². The molecule has 0 aliphatic carbocycles. The van der Waals surface area contributed by atoms with Crippen LogP contribution in [0.2, 0.25) is 0 Å². The molecule has 0 bridgehead atoms. The minimum Gasteiger partial charge on any atom is -0.469 e. The fraction of sp³-hybridized carbons (Fsp3) is 0.375. The van der Waals surface area contributed by atoms with E-state index in [-0.39, 0.29) is 18.3 Å². The van der Waals surface area contributed by atoms with Gasteiger partial charge in [0.2, 0.25) is 5.95 Å². The Morgan fingerprint density at radius 1 is 1.50 bits per heavy atom. The number of esters is 1. The fourth-order valence-corrected chi connectivity index (χ4v) is 1.03. The summed E-state index contributed by atoms with van der Waals surface area (Å²) in [4.78, 5) is 18.6. The molecule has 88 valence electrons.